The van der Waals surface area contributed by atoms with Crippen LogP contribution in [0.3, 0.4) is 0 Å². The Morgan fingerprint density at radius 3 is 1.89 bits per heavy atom. The highest BCUT2D eigenvalue weighted by Gasteiger charge is 2.47. The van der Waals surface area contributed by atoms with Crippen LogP contribution >= 0.6 is 0 Å². The number of carbonyl (C=O) groups is 2. The van der Waals surface area contributed by atoms with Gasteiger partial charge in [0.2, 0.25) is 0 Å². The second-order valence-electron chi connectivity index (χ2n) is 11.8. The van der Waals surface area contributed by atoms with Crippen molar-refractivity contribution in [1.29, 1.82) is 0 Å². The van der Waals surface area contributed by atoms with E-state index in [9.17, 15) is 22.8 Å². The van der Waals surface area contributed by atoms with Gasteiger partial charge in [-0.15, -0.1) is 0 Å². The normalized spacial score (nSPS) is 14.3. The van der Waals surface area contributed by atoms with E-state index in [0.717, 1.165) is 38.2 Å². The fraction of sp³-hybridized carbons (Fsp3) is 0.655. The van der Waals surface area contributed by atoms with E-state index in [1.165, 1.54) is 6.08 Å². The smallest absolute Gasteiger partial charge is 0.422 e. The van der Waals surface area contributed by atoms with Crippen molar-refractivity contribution in [2.24, 2.45) is 16.2 Å². The average molecular weight is 529 g/mol. The molecule has 1 rings (SSSR count). The maximum Gasteiger partial charge on any atom is 0.422 e. The first kappa shape index (κ1) is 32.5. The predicted octanol–water partition coefficient (Wildman–Crippen LogP) is 7.78. The number of halogens is 3. The van der Waals surface area contributed by atoms with Gasteiger partial charge in [0.05, 0.1) is 18.6 Å². The van der Waals surface area contributed by atoms with E-state index in [4.69, 9.17) is 9.47 Å². The second-order valence-corrected chi connectivity index (χ2v) is 11.8. The number of rotatable bonds is 13. The van der Waals surface area contributed by atoms with Crippen LogP contribution in [0, 0.1) is 16.2 Å². The van der Waals surface area contributed by atoms with Crippen LogP contribution in [0.4, 0.5) is 13.2 Å². The second kappa shape index (κ2) is 13.9. The maximum atomic E-state index is 12.9. The first-order valence-corrected chi connectivity index (χ1v) is 12.7. The average Bonchev–Trinajstić information content (AvgIpc) is 2.76. The molecule has 0 aromatic heterocycles. The molecule has 0 aliphatic carbocycles. The maximum absolute atomic E-state index is 12.9. The predicted molar refractivity (Wildman–Crippen MR) is 139 cm³/mol. The molecule has 0 aliphatic heterocycles. The molecular weight excluding hydrogens is 485 g/mol. The third-order valence-corrected chi connectivity index (χ3v) is 6.20. The van der Waals surface area contributed by atoms with E-state index < -0.39 is 24.2 Å². The minimum Gasteiger partial charge on any atom is -0.494 e. The number of hydrogen-bond donors (Lipinski definition) is 0. The third kappa shape index (κ3) is 13.0. The molecule has 0 amide bonds. The summed E-state index contributed by atoms with van der Waals surface area (Å²) in [6.07, 6.45) is 2.06. The molecule has 0 saturated heterocycles. The number of ether oxygens (including phenoxy) is 3. The van der Waals surface area contributed by atoms with Crippen molar-refractivity contribution >= 4 is 18.0 Å². The highest BCUT2D eigenvalue weighted by atomic mass is 19.4. The monoisotopic (exact) mass is 528 g/mol. The minimum absolute atomic E-state index is 0.0195. The lowest BCUT2D eigenvalue weighted by Crippen LogP contribution is -2.44. The van der Waals surface area contributed by atoms with E-state index in [-0.39, 0.29) is 16.8 Å². The van der Waals surface area contributed by atoms with Gasteiger partial charge in [-0.3, -0.25) is 4.79 Å². The Morgan fingerprint density at radius 2 is 1.38 bits per heavy atom. The molecule has 0 N–H and O–H groups in total. The molecule has 210 valence electrons. The van der Waals surface area contributed by atoms with Crippen molar-refractivity contribution in [1.82, 2.24) is 0 Å². The molecule has 1 atom stereocenters. The van der Waals surface area contributed by atoms with Crippen LogP contribution in [-0.2, 0) is 19.1 Å². The quantitative estimate of drug-likeness (QED) is 0.149. The van der Waals surface area contributed by atoms with E-state index >= 15 is 0 Å². The van der Waals surface area contributed by atoms with Crippen molar-refractivity contribution in [3.8, 4) is 5.75 Å². The molecule has 0 radical (unpaired) electrons. The Labute approximate surface area is 219 Å². The summed E-state index contributed by atoms with van der Waals surface area (Å²) in [6.45, 7) is 14.0. The standard InChI is InChI=1S/C29H43F3O5/c1-26(2,3)20-28(7,27(4,5)6)25(34)36-19-11-9-8-10-18-35-23-15-12-22(13-16-23)14-17-24(33)37-21-29(30,31)32/h12-17H,8-11,18-21H2,1-7H3/b17-14+. The van der Waals surface area contributed by atoms with Gasteiger partial charge in [-0.1, -0.05) is 53.7 Å². The van der Waals surface area contributed by atoms with Gasteiger partial charge in [0.15, 0.2) is 6.61 Å². The molecule has 1 unspecified atom stereocenters. The fourth-order valence-corrected chi connectivity index (χ4v) is 3.82. The first-order valence-electron chi connectivity index (χ1n) is 12.7. The fourth-order valence-electron chi connectivity index (χ4n) is 3.82. The molecule has 8 heteroatoms. The van der Waals surface area contributed by atoms with Crippen LogP contribution in [0.1, 0.15) is 86.1 Å². The van der Waals surface area contributed by atoms with Gasteiger partial charge in [-0.25, -0.2) is 4.79 Å². The lowest BCUT2D eigenvalue weighted by Gasteiger charge is -2.43. The highest BCUT2D eigenvalue weighted by molar-refractivity contribution is 5.87. The molecule has 1 aromatic carbocycles. The van der Waals surface area contributed by atoms with Crippen LogP contribution in [0.15, 0.2) is 30.3 Å². The van der Waals surface area contributed by atoms with Gasteiger partial charge < -0.3 is 14.2 Å². The number of esters is 2. The van der Waals surface area contributed by atoms with Crippen molar-refractivity contribution < 1.29 is 37.0 Å². The van der Waals surface area contributed by atoms with E-state index in [1.807, 2.05) is 6.92 Å². The lowest BCUT2D eigenvalue weighted by atomic mass is 9.61. The Balaban J connectivity index is 2.30. The van der Waals surface area contributed by atoms with E-state index in [2.05, 4.69) is 46.3 Å². The minimum atomic E-state index is -4.55. The van der Waals surface area contributed by atoms with Gasteiger partial charge in [-0.2, -0.15) is 13.2 Å². The summed E-state index contributed by atoms with van der Waals surface area (Å²) >= 11 is 0. The molecule has 1 aromatic rings. The Bertz CT molecular complexity index is 877. The number of unbranched alkanes of at least 4 members (excludes halogenated alkanes) is 3. The summed E-state index contributed by atoms with van der Waals surface area (Å²) in [6, 6.07) is 6.85. The largest absolute Gasteiger partial charge is 0.494 e. The SMILES string of the molecule is CC(C)(C)CC(C)(C(=O)OCCCCCCOc1ccc(/C=C/C(=O)OCC(F)(F)F)cc1)C(C)(C)C. The van der Waals surface area contributed by atoms with E-state index in [1.54, 1.807) is 24.3 Å². The van der Waals surface area contributed by atoms with Crippen molar-refractivity contribution in [2.75, 3.05) is 19.8 Å². The van der Waals surface area contributed by atoms with Crippen LogP contribution in [0.2, 0.25) is 0 Å². The molecular formula is C29H43F3O5. The lowest BCUT2D eigenvalue weighted by molar-refractivity contribution is -0.182. The summed E-state index contributed by atoms with van der Waals surface area (Å²) < 4.78 is 51.6. The van der Waals surface area contributed by atoms with Gasteiger partial charge in [0.25, 0.3) is 0 Å². The van der Waals surface area contributed by atoms with Crippen LogP contribution in [0.25, 0.3) is 6.08 Å². The van der Waals surface area contributed by atoms with Crippen molar-refractivity contribution in [3.63, 3.8) is 0 Å². The molecule has 0 aliphatic rings. The number of benzene rings is 1. The molecule has 0 bridgehead atoms. The van der Waals surface area contributed by atoms with Gasteiger partial charge in [0.1, 0.15) is 5.75 Å². The van der Waals surface area contributed by atoms with Crippen LogP contribution in [0.5, 0.6) is 5.75 Å². The van der Waals surface area contributed by atoms with Crippen LogP contribution in [-0.4, -0.2) is 37.9 Å². The summed E-state index contributed by atoms with van der Waals surface area (Å²) in [5.41, 5.74) is -0.103. The molecule has 37 heavy (non-hydrogen) atoms. The van der Waals surface area contributed by atoms with Crippen molar-refractivity contribution in [3.05, 3.63) is 35.9 Å². The Hall–Kier alpha value is -2.51. The summed E-state index contributed by atoms with van der Waals surface area (Å²) in [4.78, 5) is 24.2. The third-order valence-electron chi connectivity index (χ3n) is 6.20. The summed E-state index contributed by atoms with van der Waals surface area (Å²) in [5, 5.41) is 0. The number of carbonyl (C=O) groups excluding carboxylic acids is 2. The van der Waals surface area contributed by atoms with E-state index in [0.29, 0.717) is 24.5 Å². The zero-order valence-electron chi connectivity index (χ0n) is 23.3. The van der Waals surface area contributed by atoms with Crippen molar-refractivity contribution in [2.45, 2.75) is 86.7 Å². The molecule has 0 saturated carbocycles. The summed E-state index contributed by atoms with van der Waals surface area (Å²) in [5.74, 6) is -0.527. The Kier molecular flexibility index (Phi) is 12.2. The van der Waals surface area contributed by atoms with Crippen LogP contribution < -0.4 is 4.74 Å². The topological polar surface area (TPSA) is 61.8 Å². The summed E-state index contributed by atoms with van der Waals surface area (Å²) in [7, 11) is 0. The molecule has 0 spiro atoms. The zero-order chi connectivity index (χ0) is 28.3. The molecule has 0 fully saturated rings. The number of alkyl halides is 3. The molecule has 0 heterocycles. The van der Waals surface area contributed by atoms with Gasteiger partial charge in [0, 0.05) is 6.08 Å². The molecule has 5 nitrogen and oxygen atoms in total. The van der Waals surface area contributed by atoms with Gasteiger partial charge in [-0.05, 0) is 73.6 Å². The highest BCUT2D eigenvalue weighted by Crippen LogP contribution is 2.47. The zero-order valence-corrected chi connectivity index (χ0v) is 23.3. The Morgan fingerprint density at radius 1 is 0.811 bits per heavy atom. The number of hydrogen-bond acceptors (Lipinski definition) is 5. The first-order chi connectivity index (χ1) is 16.9. The van der Waals surface area contributed by atoms with Gasteiger partial charge >= 0.3 is 18.1 Å².